The molecule has 4 nitrogen and oxygen atoms in total. The van der Waals surface area contributed by atoms with Crippen LogP contribution in [-0.2, 0) is 12.8 Å². The summed E-state index contributed by atoms with van der Waals surface area (Å²) in [7, 11) is 0. The molecule has 0 aromatic carbocycles. The van der Waals surface area contributed by atoms with Crippen LogP contribution in [0.5, 0.6) is 0 Å². The average molecular weight is 270 g/mol. The Balaban J connectivity index is 2.48. The zero-order chi connectivity index (χ0) is 14.4. The summed E-state index contributed by atoms with van der Waals surface area (Å²) in [6, 6.07) is 6.08. The first kappa shape index (κ1) is 14.4. The van der Waals surface area contributed by atoms with Crippen molar-refractivity contribution in [1.82, 2.24) is 15.0 Å². The number of nitrogens with one attached hydrogen (secondary N) is 1. The molecule has 0 saturated carbocycles. The fourth-order valence-electron chi connectivity index (χ4n) is 2.18. The average Bonchev–Trinajstić information content (AvgIpc) is 2.47. The van der Waals surface area contributed by atoms with Crippen LogP contribution < -0.4 is 5.32 Å². The number of pyridine rings is 1. The Morgan fingerprint density at radius 1 is 1.15 bits per heavy atom. The van der Waals surface area contributed by atoms with Crippen LogP contribution in [0.15, 0.2) is 24.4 Å². The van der Waals surface area contributed by atoms with Crippen molar-refractivity contribution in [3.05, 3.63) is 35.7 Å². The number of nitrogens with zero attached hydrogens (tertiary/aromatic N) is 3. The molecule has 2 rings (SSSR count). The normalized spacial score (nSPS) is 10.6. The summed E-state index contributed by atoms with van der Waals surface area (Å²) in [5.74, 6) is 1.61. The Bertz CT molecular complexity index is 542. The predicted molar refractivity (Wildman–Crippen MR) is 82.8 cm³/mol. The van der Waals surface area contributed by atoms with E-state index in [2.05, 4.69) is 47.1 Å². The first-order chi connectivity index (χ1) is 9.78. The lowest BCUT2D eigenvalue weighted by Gasteiger charge is -2.10. The van der Waals surface area contributed by atoms with E-state index in [1.807, 2.05) is 12.1 Å². The molecule has 2 aromatic heterocycles. The van der Waals surface area contributed by atoms with E-state index in [0.717, 1.165) is 48.8 Å². The molecule has 2 aromatic rings. The van der Waals surface area contributed by atoms with E-state index < -0.39 is 0 Å². The Labute approximate surface area is 120 Å². The van der Waals surface area contributed by atoms with Crippen molar-refractivity contribution in [1.29, 1.82) is 0 Å². The summed E-state index contributed by atoms with van der Waals surface area (Å²) in [6.07, 6.45) is 4.77. The van der Waals surface area contributed by atoms with Crippen LogP contribution in [0.2, 0.25) is 0 Å². The summed E-state index contributed by atoms with van der Waals surface area (Å²) in [5, 5.41) is 3.28. The van der Waals surface area contributed by atoms with Crippen LogP contribution in [-0.4, -0.2) is 21.5 Å². The topological polar surface area (TPSA) is 50.7 Å². The molecule has 0 radical (unpaired) electrons. The first-order valence-electron chi connectivity index (χ1n) is 7.34. The van der Waals surface area contributed by atoms with Crippen molar-refractivity contribution >= 4 is 5.82 Å². The lowest BCUT2D eigenvalue weighted by Crippen LogP contribution is -2.05. The molecule has 1 N–H and O–H groups in total. The van der Waals surface area contributed by atoms with Crippen LogP contribution in [0.25, 0.3) is 11.5 Å². The van der Waals surface area contributed by atoms with Gasteiger partial charge in [-0.05, 0) is 31.4 Å². The maximum atomic E-state index is 4.67. The van der Waals surface area contributed by atoms with Gasteiger partial charge in [-0.25, -0.2) is 9.97 Å². The van der Waals surface area contributed by atoms with Gasteiger partial charge in [0, 0.05) is 24.5 Å². The maximum absolute atomic E-state index is 4.67. The third kappa shape index (κ3) is 3.32. The zero-order valence-electron chi connectivity index (χ0n) is 12.5. The van der Waals surface area contributed by atoms with Crippen LogP contribution in [0.1, 0.15) is 38.4 Å². The molecule has 0 aliphatic carbocycles. The van der Waals surface area contributed by atoms with Crippen molar-refractivity contribution < 1.29 is 0 Å². The van der Waals surface area contributed by atoms with Gasteiger partial charge < -0.3 is 5.32 Å². The van der Waals surface area contributed by atoms with Gasteiger partial charge in [-0.1, -0.05) is 26.3 Å². The minimum Gasteiger partial charge on any atom is -0.370 e. The van der Waals surface area contributed by atoms with Gasteiger partial charge in [-0.15, -0.1) is 0 Å². The van der Waals surface area contributed by atoms with Gasteiger partial charge in [-0.2, -0.15) is 0 Å². The van der Waals surface area contributed by atoms with Crippen LogP contribution in [0.3, 0.4) is 0 Å². The second kappa shape index (κ2) is 6.98. The summed E-state index contributed by atoms with van der Waals surface area (Å²) >= 11 is 0. The molecule has 2 heterocycles. The monoisotopic (exact) mass is 270 g/mol. The fraction of sp³-hybridized carbons (Fsp3) is 0.438. The van der Waals surface area contributed by atoms with E-state index in [-0.39, 0.29) is 0 Å². The van der Waals surface area contributed by atoms with Gasteiger partial charge >= 0.3 is 0 Å². The molecular weight excluding hydrogens is 248 g/mol. The third-order valence-corrected chi connectivity index (χ3v) is 3.13. The molecule has 0 aliphatic heterocycles. The number of aryl methyl sites for hydroxylation is 2. The highest BCUT2D eigenvalue weighted by Crippen LogP contribution is 2.20. The van der Waals surface area contributed by atoms with Crippen molar-refractivity contribution in [3.8, 4) is 11.5 Å². The van der Waals surface area contributed by atoms with Crippen molar-refractivity contribution in [2.24, 2.45) is 0 Å². The van der Waals surface area contributed by atoms with E-state index in [0.29, 0.717) is 0 Å². The number of anilines is 1. The van der Waals surface area contributed by atoms with E-state index in [1.165, 1.54) is 5.56 Å². The molecular formula is C16H22N4. The minimum atomic E-state index is 0.726. The Hall–Kier alpha value is -1.97. The number of rotatable bonds is 6. The molecule has 0 unspecified atom stereocenters. The highest BCUT2D eigenvalue weighted by molar-refractivity contribution is 5.57. The van der Waals surface area contributed by atoms with Gasteiger partial charge in [0.2, 0.25) is 0 Å². The minimum absolute atomic E-state index is 0.726. The van der Waals surface area contributed by atoms with E-state index in [4.69, 9.17) is 0 Å². The summed E-state index contributed by atoms with van der Waals surface area (Å²) in [4.78, 5) is 13.7. The molecule has 0 amide bonds. The third-order valence-electron chi connectivity index (χ3n) is 3.13. The highest BCUT2D eigenvalue weighted by atomic mass is 15.0. The second-order valence-electron chi connectivity index (χ2n) is 4.71. The van der Waals surface area contributed by atoms with Gasteiger partial charge in [0.25, 0.3) is 0 Å². The van der Waals surface area contributed by atoms with Gasteiger partial charge in [0.1, 0.15) is 11.5 Å². The molecule has 0 aliphatic rings. The molecule has 20 heavy (non-hydrogen) atoms. The smallest absolute Gasteiger partial charge is 0.180 e. The van der Waals surface area contributed by atoms with E-state index in [1.54, 1.807) is 6.20 Å². The number of aromatic nitrogens is 3. The molecule has 4 heteroatoms. The van der Waals surface area contributed by atoms with Crippen molar-refractivity contribution in [2.75, 3.05) is 11.9 Å². The molecule has 106 valence electrons. The fourth-order valence-corrected chi connectivity index (χ4v) is 2.18. The molecule has 0 spiro atoms. The SMILES string of the molecule is CCCc1cc(NCC)nc(-c2ncccc2CC)n1. The van der Waals surface area contributed by atoms with E-state index >= 15 is 0 Å². The van der Waals surface area contributed by atoms with Crippen LogP contribution in [0, 0.1) is 0 Å². The summed E-state index contributed by atoms with van der Waals surface area (Å²) < 4.78 is 0. The van der Waals surface area contributed by atoms with E-state index in [9.17, 15) is 0 Å². The highest BCUT2D eigenvalue weighted by Gasteiger charge is 2.11. The molecule has 0 saturated heterocycles. The lowest BCUT2D eigenvalue weighted by atomic mass is 10.1. The van der Waals surface area contributed by atoms with Crippen LogP contribution in [0.4, 0.5) is 5.82 Å². The number of hydrogen-bond donors (Lipinski definition) is 1. The molecule has 0 fully saturated rings. The standard InChI is InChI=1S/C16H22N4/c1-4-8-13-11-14(17-6-3)20-16(19-13)15-12(5-2)9-7-10-18-15/h7,9-11H,4-6,8H2,1-3H3,(H,17,19,20). The molecule has 0 bridgehead atoms. The predicted octanol–water partition coefficient (Wildman–Crippen LogP) is 3.49. The zero-order valence-corrected chi connectivity index (χ0v) is 12.5. The second-order valence-corrected chi connectivity index (χ2v) is 4.71. The Morgan fingerprint density at radius 2 is 2.00 bits per heavy atom. The summed E-state index contributed by atoms with van der Waals surface area (Å²) in [6.45, 7) is 7.21. The first-order valence-corrected chi connectivity index (χ1v) is 7.34. The summed E-state index contributed by atoms with van der Waals surface area (Å²) in [5.41, 5.74) is 3.15. The van der Waals surface area contributed by atoms with Gasteiger partial charge in [0.05, 0.1) is 0 Å². The number of hydrogen-bond acceptors (Lipinski definition) is 4. The molecule has 0 atom stereocenters. The van der Waals surface area contributed by atoms with Crippen LogP contribution >= 0.6 is 0 Å². The van der Waals surface area contributed by atoms with Gasteiger partial charge in [-0.3, -0.25) is 4.98 Å². The van der Waals surface area contributed by atoms with Crippen molar-refractivity contribution in [2.45, 2.75) is 40.0 Å². The largest absolute Gasteiger partial charge is 0.370 e. The Kier molecular flexibility index (Phi) is 5.04. The Morgan fingerprint density at radius 3 is 2.70 bits per heavy atom. The van der Waals surface area contributed by atoms with Crippen molar-refractivity contribution in [3.63, 3.8) is 0 Å². The lowest BCUT2D eigenvalue weighted by molar-refractivity contribution is 0.872. The maximum Gasteiger partial charge on any atom is 0.180 e. The van der Waals surface area contributed by atoms with Gasteiger partial charge in [0.15, 0.2) is 5.82 Å². The quantitative estimate of drug-likeness (QED) is 0.873.